The summed E-state index contributed by atoms with van der Waals surface area (Å²) in [5.74, 6) is 0.923. The Morgan fingerprint density at radius 3 is 2.69 bits per heavy atom. The second-order valence-corrected chi connectivity index (χ2v) is 6.94. The number of amides is 1. The summed E-state index contributed by atoms with van der Waals surface area (Å²) in [7, 11) is 0. The van der Waals surface area contributed by atoms with Gasteiger partial charge in [0.25, 0.3) is 5.91 Å². The number of fused-ring (bicyclic) bond motifs is 1. The molecule has 1 spiro atoms. The lowest BCUT2D eigenvalue weighted by molar-refractivity contribution is -0.131. The Bertz CT molecular complexity index is 950. The SMILES string of the molecule is O=C1N(c2ccc(-c3cn[nH]c3)cc2)CCC12CCc1ccccc1O2. The largest absolute Gasteiger partial charge is 0.477 e. The number of aromatic amines is 1. The van der Waals surface area contributed by atoms with Crippen molar-refractivity contribution in [3.8, 4) is 16.9 Å². The smallest absolute Gasteiger partial charge is 0.271 e. The molecular formula is C21H19N3O2. The maximum absolute atomic E-state index is 13.2. The average molecular weight is 345 g/mol. The highest BCUT2D eigenvalue weighted by Crippen LogP contribution is 2.40. The summed E-state index contributed by atoms with van der Waals surface area (Å²) >= 11 is 0. The molecule has 3 heterocycles. The van der Waals surface area contributed by atoms with Crippen LogP contribution in [-0.2, 0) is 11.2 Å². The third kappa shape index (κ3) is 2.31. The quantitative estimate of drug-likeness (QED) is 0.772. The van der Waals surface area contributed by atoms with Gasteiger partial charge in [0.05, 0.1) is 6.20 Å². The first-order valence-corrected chi connectivity index (χ1v) is 8.93. The van der Waals surface area contributed by atoms with E-state index < -0.39 is 5.60 Å². The maximum Gasteiger partial charge on any atom is 0.271 e. The van der Waals surface area contributed by atoms with Crippen LogP contribution in [0.2, 0.25) is 0 Å². The number of nitrogens with one attached hydrogen (secondary N) is 1. The molecule has 1 saturated heterocycles. The number of para-hydroxylation sites is 1. The van der Waals surface area contributed by atoms with E-state index in [2.05, 4.69) is 16.3 Å². The van der Waals surface area contributed by atoms with Gasteiger partial charge in [0.2, 0.25) is 0 Å². The van der Waals surface area contributed by atoms with E-state index in [1.54, 1.807) is 6.20 Å². The summed E-state index contributed by atoms with van der Waals surface area (Å²) < 4.78 is 6.22. The van der Waals surface area contributed by atoms with Gasteiger partial charge in [-0.25, -0.2) is 0 Å². The number of H-pyrrole nitrogens is 1. The molecule has 5 rings (SSSR count). The number of anilines is 1. The number of rotatable bonds is 2. The van der Waals surface area contributed by atoms with Gasteiger partial charge in [-0.2, -0.15) is 5.10 Å². The number of hydrogen-bond acceptors (Lipinski definition) is 3. The van der Waals surface area contributed by atoms with E-state index in [1.165, 1.54) is 5.56 Å². The molecule has 2 aromatic carbocycles. The third-order valence-corrected chi connectivity index (χ3v) is 5.46. The molecule has 1 unspecified atom stereocenters. The Balaban J connectivity index is 1.40. The monoisotopic (exact) mass is 345 g/mol. The van der Waals surface area contributed by atoms with E-state index in [-0.39, 0.29) is 5.91 Å². The Hall–Kier alpha value is -3.08. The molecule has 1 N–H and O–H groups in total. The van der Waals surface area contributed by atoms with Gasteiger partial charge in [-0.1, -0.05) is 30.3 Å². The Morgan fingerprint density at radius 1 is 1.04 bits per heavy atom. The summed E-state index contributed by atoms with van der Waals surface area (Å²) in [6, 6.07) is 16.1. The number of aryl methyl sites for hydroxylation is 1. The molecule has 0 saturated carbocycles. The minimum atomic E-state index is -0.711. The maximum atomic E-state index is 13.2. The van der Waals surface area contributed by atoms with E-state index >= 15 is 0 Å². The lowest BCUT2D eigenvalue weighted by Gasteiger charge is -2.34. The first kappa shape index (κ1) is 15.2. The van der Waals surface area contributed by atoms with Gasteiger partial charge in [0.15, 0.2) is 5.60 Å². The predicted molar refractivity (Wildman–Crippen MR) is 99.1 cm³/mol. The molecule has 26 heavy (non-hydrogen) atoms. The highest BCUT2D eigenvalue weighted by atomic mass is 16.5. The summed E-state index contributed by atoms with van der Waals surface area (Å²) in [4.78, 5) is 15.0. The van der Waals surface area contributed by atoms with Crippen molar-refractivity contribution in [1.29, 1.82) is 0 Å². The van der Waals surface area contributed by atoms with Gasteiger partial charge >= 0.3 is 0 Å². The van der Waals surface area contributed by atoms with Crippen LogP contribution in [-0.4, -0.2) is 28.3 Å². The number of hydrogen-bond donors (Lipinski definition) is 1. The van der Waals surface area contributed by atoms with Crippen molar-refractivity contribution in [2.45, 2.75) is 24.9 Å². The van der Waals surface area contributed by atoms with Crippen LogP contribution in [0.1, 0.15) is 18.4 Å². The summed E-state index contributed by atoms with van der Waals surface area (Å²) in [5.41, 5.74) is 3.51. The van der Waals surface area contributed by atoms with Crippen LogP contribution < -0.4 is 9.64 Å². The molecule has 1 fully saturated rings. The van der Waals surface area contributed by atoms with Crippen LogP contribution in [0.15, 0.2) is 60.9 Å². The second kappa shape index (κ2) is 5.73. The normalized spacial score (nSPS) is 21.7. The summed E-state index contributed by atoms with van der Waals surface area (Å²) in [6.45, 7) is 0.687. The van der Waals surface area contributed by atoms with Crippen LogP contribution in [0.25, 0.3) is 11.1 Å². The molecular weight excluding hydrogens is 326 g/mol. The minimum absolute atomic E-state index is 0.0723. The fourth-order valence-electron chi connectivity index (χ4n) is 3.97. The highest BCUT2D eigenvalue weighted by molar-refractivity contribution is 6.02. The van der Waals surface area contributed by atoms with Gasteiger partial charge in [-0.15, -0.1) is 0 Å². The number of ether oxygens (including phenoxy) is 1. The van der Waals surface area contributed by atoms with E-state index in [0.29, 0.717) is 6.54 Å². The van der Waals surface area contributed by atoms with Gasteiger partial charge in [-0.05, 0) is 35.7 Å². The van der Waals surface area contributed by atoms with Gasteiger partial charge in [-0.3, -0.25) is 9.89 Å². The van der Waals surface area contributed by atoms with Crippen LogP contribution in [0.3, 0.4) is 0 Å². The van der Waals surface area contributed by atoms with Gasteiger partial charge in [0, 0.05) is 36.8 Å². The molecule has 1 amide bonds. The molecule has 1 aromatic heterocycles. The topological polar surface area (TPSA) is 58.2 Å². The third-order valence-electron chi connectivity index (χ3n) is 5.46. The van der Waals surface area contributed by atoms with E-state index in [0.717, 1.165) is 41.8 Å². The van der Waals surface area contributed by atoms with Gasteiger partial charge < -0.3 is 9.64 Å². The first-order chi connectivity index (χ1) is 12.8. The molecule has 1 atom stereocenters. The lowest BCUT2D eigenvalue weighted by atomic mass is 9.89. The molecule has 0 bridgehead atoms. The number of carbonyl (C=O) groups excluding carboxylic acids is 1. The molecule has 130 valence electrons. The minimum Gasteiger partial charge on any atom is -0.477 e. The summed E-state index contributed by atoms with van der Waals surface area (Å²) in [6.07, 6.45) is 6.00. The fraction of sp³-hybridized carbons (Fsp3) is 0.238. The van der Waals surface area contributed by atoms with Crippen molar-refractivity contribution >= 4 is 11.6 Å². The molecule has 5 heteroatoms. The Labute approximate surface area is 151 Å². The zero-order valence-corrected chi connectivity index (χ0v) is 14.3. The first-order valence-electron chi connectivity index (χ1n) is 8.93. The number of nitrogens with zero attached hydrogens (tertiary/aromatic N) is 2. The zero-order chi connectivity index (χ0) is 17.6. The van der Waals surface area contributed by atoms with Crippen LogP contribution in [0.4, 0.5) is 5.69 Å². The molecule has 3 aromatic rings. The Morgan fingerprint density at radius 2 is 1.88 bits per heavy atom. The fourth-order valence-corrected chi connectivity index (χ4v) is 3.97. The van der Waals surface area contributed by atoms with E-state index in [1.807, 2.05) is 53.6 Å². The molecule has 2 aliphatic heterocycles. The van der Waals surface area contributed by atoms with Crippen molar-refractivity contribution in [1.82, 2.24) is 10.2 Å². The molecule has 0 radical (unpaired) electrons. The van der Waals surface area contributed by atoms with Crippen molar-refractivity contribution < 1.29 is 9.53 Å². The van der Waals surface area contributed by atoms with Crippen LogP contribution >= 0.6 is 0 Å². The lowest BCUT2D eigenvalue weighted by Crippen LogP contribution is -2.47. The molecule has 5 nitrogen and oxygen atoms in total. The predicted octanol–water partition coefficient (Wildman–Crippen LogP) is 3.58. The van der Waals surface area contributed by atoms with Crippen molar-refractivity contribution in [3.05, 3.63) is 66.5 Å². The number of benzene rings is 2. The van der Waals surface area contributed by atoms with Crippen LogP contribution in [0, 0.1) is 0 Å². The Kier molecular flexibility index (Phi) is 3.35. The van der Waals surface area contributed by atoms with Crippen molar-refractivity contribution in [2.24, 2.45) is 0 Å². The number of aromatic nitrogens is 2. The van der Waals surface area contributed by atoms with Crippen molar-refractivity contribution in [2.75, 3.05) is 11.4 Å². The molecule has 0 aliphatic carbocycles. The average Bonchev–Trinajstić information content (AvgIpc) is 3.32. The number of carbonyl (C=O) groups is 1. The summed E-state index contributed by atoms with van der Waals surface area (Å²) in [5, 5.41) is 6.80. The second-order valence-electron chi connectivity index (χ2n) is 6.94. The van der Waals surface area contributed by atoms with E-state index in [9.17, 15) is 4.79 Å². The van der Waals surface area contributed by atoms with Gasteiger partial charge in [0.1, 0.15) is 5.75 Å². The van der Waals surface area contributed by atoms with Crippen LogP contribution in [0.5, 0.6) is 5.75 Å². The highest BCUT2D eigenvalue weighted by Gasteiger charge is 2.50. The standard InChI is InChI=1S/C21H19N3O2/c25-20-21(10-9-16-3-1-2-4-19(16)26-21)11-12-24(20)18-7-5-15(6-8-18)17-13-22-23-14-17/h1-8,13-14H,9-12H2,(H,22,23). The van der Waals surface area contributed by atoms with Crippen molar-refractivity contribution in [3.63, 3.8) is 0 Å². The zero-order valence-electron chi connectivity index (χ0n) is 14.3. The van der Waals surface area contributed by atoms with E-state index in [4.69, 9.17) is 4.74 Å². The molecule has 2 aliphatic rings.